The highest BCUT2D eigenvalue weighted by Gasteiger charge is 2.03. The Bertz CT molecular complexity index is 442. The van der Waals surface area contributed by atoms with Crippen LogP contribution >= 0.6 is 0 Å². The van der Waals surface area contributed by atoms with E-state index in [1.165, 1.54) is 12.4 Å². The minimum Gasteiger partial charge on any atom is -0.480 e. The zero-order chi connectivity index (χ0) is 12.0. The lowest BCUT2D eigenvalue weighted by atomic mass is 10.5. The molecule has 86 valence electrons. The molecule has 0 aliphatic rings. The standard InChI is InChI=1S/C8H10N4O4/c13-6-1-5(11-4-12-6)9-2-7(14)10-3-8(15)16/h1,4H,2-3H2,(H,10,14)(H,15,16)(H2,9,11,12,13). The number of anilines is 1. The maximum atomic E-state index is 11.1. The van der Waals surface area contributed by atoms with Crippen molar-refractivity contribution in [2.75, 3.05) is 18.4 Å². The van der Waals surface area contributed by atoms with Crippen molar-refractivity contribution >= 4 is 17.7 Å². The lowest BCUT2D eigenvalue weighted by molar-refractivity contribution is -0.137. The van der Waals surface area contributed by atoms with Crippen LogP contribution in [0.3, 0.4) is 0 Å². The van der Waals surface area contributed by atoms with Gasteiger partial charge in [-0.25, -0.2) is 4.98 Å². The van der Waals surface area contributed by atoms with E-state index in [0.717, 1.165) is 0 Å². The molecule has 0 aliphatic heterocycles. The van der Waals surface area contributed by atoms with Crippen molar-refractivity contribution in [3.05, 3.63) is 22.7 Å². The van der Waals surface area contributed by atoms with Crippen LogP contribution < -0.4 is 16.2 Å². The van der Waals surface area contributed by atoms with Crippen molar-refractivity contribution in [2.45, 2.75) is 0 Å². The first kappa shape index (κ1) is 11.7. The Hall–Kier alpha value is -2.38. The third-order valence-corrected chi connectivity index (χ3v) is 1.55. The summed E-state index contributed by atoms with van der Waals surface area (Å²) >= 11 is 0. The molecule has 0 saturated heterocycles. The molecule has 0 aromatic carbocycles. The lowest BCUT2D eigenvalue weighted by Crippen LogP contribution is -2.34. The molecule has 0 saturated carbocycles. The van der Waals surface area contributed by atoms with Gasteiger partial charge in [-0.05, 0) is 0 Å². The third-order valence-electron chi connectivity index (χ3n) is 1.55. The fraction of sp³-hybridized carbons (Fsp3) is 0.250. The number of H-pyrrole nitrogens is 1. The topological polar surface area (TPSA) is 124 Å². The van der Waals surface area contributed by atoms with Crippen molar-refractivity contribution in [2.24, 2.45) is 0 Å². The summed E-state index contributed by atoms with van der Waals surface area (Å²) in [6, 6.07) is 1.18. The molecular formula is C8H10N4O4. The molecule has 1 amide bonds. The van der Waals surface area contributed by atoms with Gasteiger partial charge in [0, 0.05) is 6.07 Å². The smallest absolute Gasteiger partial charge is 0.322 e. The predicted molar refractivity (Wildman–Crippen MR) is 54.0 cm³/mol. The number of carboxylic acid groups (broad SMARTS) is 1. The molecule has 1 rings (SSSR count). The molecule has 0 aliphatic carbocycles. The van der Waals surface area contributed by atoms with Gasteiger partial charge in [-0.1, -0.05) is 0 Å². The van der Waals surface area contributed by atoms with Crippen molar-refractivity contribution < 1.29 is 14.7 Å². The van der Waals surface area contributed by atoms with E-state index >= 15 is 0 Å². The van der Waals surface area contributed by atoms with E-state index < -0.39 is 18.4 Å². The molecule has 0 fully saturated rings. The van der Waals surface area contributed by atoms with Gasteiger partial charge in [-0.3, -0.25) is 14.4 Å². The Kier molecular flexibility index (Phi) is 4.01. The summed E-state index contributed by atoms with van der Waals surface area (Å²) in [6.45, 7) is -0.590. The molecule has 0 atom stereocenters. The maximum Gasteiger partial charge on any atom is 0.322 e. The first-order chi connectivity index (χ1) is 7.58. The number of nitrogens with zero attached hydrogens (tertiary/aromatic N) is 1. The summed E-state index contributed by atoms with van der Waals surface area (Å²) in [5, 5.41) is 13.0. The maximum absolute atomic E-state index is 11.1. The average Bonchev–Trinajstić information content (AvgIpc) is 2.23. The van der Waals surface area contributed by atoms with Crippen LogP contribution in [-0.4, -0.2) is 40.0 Å². The van der Waals surface area contributed by atoms with E-state index in [-0.39, 0.29) is 17.9 Å². The van der Waals surface area contributed by atoms with Gasteiger partial charge >= 0.3 is 5.97 Å². The normalized spacial score (nSPS) is 9.50. The molecule has 0 bridgehead atoms. The highest BCUT2D eigenvalue weighted by molar-refractivity contribution is 5.84. The minimum atomic E-state index is -1.12. The van der Waals surface area contributed by atoms with Crippen LogP contribution in [-0.2, 0) is 9.59 Å². The van der Waals surface area contributed by atoms with Crippen LogP contribution in [0.1, 0.15) is 0 Å². The van der Waals surface area contributed by atoms with Crippen LogP contribution in [0, 0.1) is 0 Å². The largest absolute Gasteiger partial charge is 0.480 e. The Morgan fingerprint density at radius 1 is 1.44 bits per heavy atom. The molecular weight excluding hydrogens is 216 g/mol. The minimum absolute atomic E-state index is 0.149. The van der Waals surface area contributed by atoms with E-state index in [0.29, 0.717) is 0 Å². The second kappa shape index (κ2) is 5.49. The zero-order valence-corrected chi connectivity index (χ0v) is 8.19. The van der Waals surface area contributed by atoms with Gasteiger partial charge in [-0.2, -0.15) is 0 Å². The SMILES string of the molecule is O=C(O)CNC(=O)CNc1cc(=O)[nH]cn1. The van der Waals surface area contributed by atoms with Crippen LogP contribution in [0.25, 0.3) is 0 Å². The molecule has 8 heteroatoms. The molecule has 0 spiro atoms. The molecule has 0 radical (unpaired) electrons. The molecule has 1 aromatic rings. The van der Waals surface area contributed by atoms with Gasteiger partial charge < -0.3 is 20.7 Å². The zero-order valence-electron chi connectivity index (χ0n) is 8.19. The fourth-order valence-electron chi connectivity index (χ4n) is 0.873. The van der Waals surface area contributed by atoms with E-state index in [9.17, 15) is 14.4 Å². The van der Waals surface area contributed by atoms with Crippen LogP contribution in [0.5, 0.6) is 0 Å². The number of rotatable bonds is 5. The van der Waals surface area contributed by atoms with Crippen molar-refractivity contribution in [3.8, 4) is 0 Å². The van der Waals surface area contributed by atoms with E-state index in [2.05, 4.69) is 20.6 Å². The van der Waals surface area contributed by atoms with Gasteiger partial charge in [-0.15, -0.1) is 0 Å². The first-order valence-electron chi connectivity index (χ1n) is 4.35. The van der Waals surface area contributed by atoms with Gasteiger partial charge in [0.15, 0.2) is 0 Å². The number of amides is 1. The van der Waals surface area contributed by atoms with E-state index in [4.69, 9.17) is 5.11 Å². The predicted octanol–water partition coefficient (Wildman–Crippen LogP) is -1.62. The highest BCUT2D eigenvalue weighted by atomic mass is 16.4. The molecule has 4 N–H and O–H groups in total. The Labute approximate surface area is 89.7 Å². The fourth-order valence-corrected chi connectivity index (χ4v) is 0.873. The number of carboxylic acids is 1. The summed E-state index contributed by atoms with van der Waals surface area (Å²) in [7, 11) is 0. The summed E-state index contributed by atoms with van der Waals surface area (Å²) in [6.07, 6.45) is 1.19. The summed E-state index contributed by atoms with van der Waals surface area (Å²) < 4.78 is 0. The summed E-state index contributed by atoms with van der Waals surface area (Å²) in [5.74, 6) is -1.37. The van der Waals surface area contributed by atoms with Crippen LogP contribution in [0.15, 0.2) is 17.2 Å². The molecule has 1 aromatic heterocycles. The number of hydrogen-bond acceptors (Lipinski definition) is 5. The summed E-state index contributed by atoms with van der Waals surface area (Å²) in [5.41, 5.74) is -0.344. The first-order valence-corrected chi connectivity index (χ1v) is 4.35. The van der Waals surface area contributed by atoms with Gasteiger partial charge in [0.25, 0.3) is 5.56 Å². The van der Waals surface area contributed by atoms with Gasteiger partial charge in [0.1, 0.15) is 12.4 Å². The lowest BCUT2D eigenvalue weighted by Gasteiger charge is -2.04. The number of carbonyl (C=O) groups excluding carboxylic acids is 1. The number of aromatic amines is 1. The Balaban J connectivity index is 2.37. The number of aromatic nitrogens is 2. The van der Waals surface area contributed by atoms with Gasteiger partial charge in [0.05, 0.1) is 12.9 Å². The van der Waals surface area contributed by atoms with E-state index in [1.54, 1.807) is 0 Å². The highest BCUT2D eigenvalue weighted by Crippen LogP contribution is 1.92. The Morgan fingerprint density at radius 3 is 2.81 bits per heavy atom. The van der Waals surface area contributed by atoms with Crippen LogP contribution in [0.4, 0.5) is 5.82 Å². The number of aliphatic carboxylic acids is 1. The Morgan fingerprint density at radius 2 is 2.19 bits per heavy atom. The monoisotopic (exact) mass is 226 g/mol. The molecule has 8 nitrogen and oxygen atoms in total. The average molecular weight is 226 g/mol. The van der Waals surface area contributed by atoms with Crippen molar-refractivity contribution in [1.82, 2.24) is 15.3 Å². The third kappa shape index (κ3) is 4.22. The molecule has 16 heavy (non-hydrogen) atoms. The number of carbonyl (C=O) groups is 2. The second-order valence-electron chi connectivity index (χ2n) is 2.82. The number of hydrogen-bond donors (Lipinski definition) is 4. The van der Waals surface area contributed by atoms with E-state index in [1.807, 2.05) is 0 Å². The molecule has 1 heterocycles. The van der Waals surface area contributed by atoms with Crippen molar-refractivity contribution in [1.29, 1.82) is 0 Å². The quantitative estimate of drug-likeness (QED) is 0.478. The van der Waals surface area contributed by atoms with Gasteiger partial charge in [0.2, 0.25) is 5.91 Å². The van der Waals surface area contributed by atoms with Crippen molar-refractivity contribution in [3.63, 3.8) is 0 Å². The number of nitrogens with one attached hydrogen (secondary N) is 3. The summed E-state index contributed by atoms with van der Waals surface area (Å²) in [4.78, 5) is 38.1. The molecule has 0 unspecified atom stereocenters. The second-order valence-corrected chi connectivity index (χ2v) is 2.82. The van der Waals surface area contributed by atoms with Crippen LogP contribution in [0.2, 0.25) is 0 Å².